The number of carbonyl (C=O) groups excluding carboxylic acids is 1. The van der Waals surface area contributed by atoms with Crippen LogP contribution < -0.4 is 10.6 Å². The highest BCUT2D eigenvalue weighted by atomic mass is 16.2. The topological polar surface area (TPSA) is 73.4 Å². The zero-order valence-corrected chi connectivity index (χ0v) is 25.7. The van der Waals surface area contributed by atoms with Crippen LogP contribution in [0.4, 0.5) is 0 Å². The van der Waals surface area contributed by atoms with Crippen LogP contribution in [0.25, 0.3) is 11.1 Å². The highest BCUT2D eigenvalue weighted by Crippen LogP contribution is 2.35. The number of benzene rings is 2. The summed E-state index contributed by atoms with van der Waals surface area (Å²) < 4.78 is 0. The molecule has 1 aliphatic carbocycles. The van der Waals surface area contributed by atoms with Gasteiger partial charge in [-0.15, -0.1) is 0 Å². The molecule has 1 aliphatic heterocycles. The van der Waals surface area contributed by atoms with Gasteiger partial charge in [-0.2, -0.15) is 0 Å². The molecular formula is C35H46N6O. The van der Waals surface area contributed by atoms with Crippen LogP contribution in [0, 0.1) is 12.8 Å². The fourth-order valence-corrected chi connectivity index (χ4v) is 5.84. The van der Waals surface area contributed by atoms with Crippen molar-refractivity contribution in [1.82, 2.24) is 30.6 Å². The Hall–Kier alpha value is -3.55. The standard InChI is InChI=1S/C35H46N6O/c1-25(2)38-15-16-39-34(28-13-14-28)17-27(18-35(42)40(4)41-22-31-7-5-6-8-32(31)23-41)10-12-29-19-30(11-9-26(29)3)33-20-36-24-37-21-33/h5-9,11,19-21,24-25,27,38-39H,10,12-18,22-23H2,1-4H3. The van der Waals surface area contributed by atoms with Crippen molar-refractivity contribution in [3.8, 4) is 11.1 Å². The van der Waals surface area contributed by atoms with E-state index in [9.17, 15) is 4.79 Å². The molecule has 0 spiro atoms. The van der Waals surface area contributed by atoms with E-state index in [-0.39, 0.29) is 11.8 Å². The van der Waals surface area contributed by atoms with Gasteiger partial charge < -0.3 is 10.6 Å². The maximum Gasteiger partial charge on any atom is 0.236 e. The molecule has 42 heavy (non-hydrogen) atoms. The predicted octanol–water partition coefficient (Wildman–Crippen LogP) is 5.81. The number of allylic oxidation sites excluding steroid dienone is 2. The second kappa shape index (κ2) is 14.1. The molecule has 0 bridgehead atoms. The molecule has 0 saturated heterocycles. The third-order valence-electron chi connectivity index (χ3n) is 8.57. The van der Waals surface area contributed by atoms with Gasteiger partial charge in [0.05, 0.1) is 0 Å². The number of nitrogens with zero attached hydrogens (tertiary/aromatic N) is 4. The van der Waals surface area contributed by atoms with Crippen LogP contribution >= 0.6 is 0 Å². The maximum absolute atomic E-state index is 13.7. The first kappa shape index (κ1) is 29.9. The van der Waals surface area contributed by atoms with Crippen molar-refractivity contribution < 1.29 is 4.79 Å². The van der Waals surface area contributed by atoms with E-state index in [2.05, 4.69) is 88.8 Å². The summed E-state index contributed by atoms with van der Waals surface area (Å²) in [5.41, 5.74) is 10.3. The van der Waals surface area contributed by atoms with Gasteiger partial charge in [-0.1, -0.05) is 61.9 Å². The molecule has 222 valence electrons. The lowest BCUT2D eigenvalue weighted by Crippen LogP contribution is -2.41. The van der Waals surface area contributed by atoms with E-state index in [0.717, 1.165) is 56.6 Å². The second-order valence-electron chi connectivity index (χ2n) is 12.2. The number of amides is 1. The van der Waals surface area contributed by atoms with Gasteiger partial charge in [0.1, 0.15) is 6.33 Å². The molecule has 3 aromatic rings. The Bertz CT molecular complexity index is 1350. The average Bonchev–Trinajstić information content (AvgIpc) is 3.75. The summed E-state index contributed by atoms with van der Waals surface area (Å²) in [5, 5.41) is 11.3. The van der Waals surface area contributed by atoms with Crippen LogP contribution in [-0.2, 0) is 24.3 Å². The van der Waals surface area contributed by atoms with Crippen LogP contribution in [0.1, 0.15) is 68.2 Å². The normalized spacial score (nSPS) is 15.0. The summed E-state index contributed by atoms with van der Waals surface area (Å²) in [6, 6.07) is 15.6. The lowest BCUT2D eigenvalue weighted by molar-refractivity contribution is -0.147. The van der Waals surface area contributed by atoms with Crippen molar-refractivity contribution in [2.45, 2.75) is 78.4 Å². The minimum atomic E-state index is 0.196. The van der Waals surface area contributed by atoms with Crippen molar-refractivity contribution in [2.24, 2.45) is 5.92 Å². The number of aromatic nitrogens is 2. The summed E-state index contributed by atoms with van der Waals surface area (Å²) in [7, 11) is 1.94. The molecule has 7 heteroatoms. The van der Waals surface area contributed by atoms with Gasteiger partial charge >= 0.3 is 0 Å². The van der Waals surface area contributed by atoms with E-state index >= 15 is 0 Å². The quantitative estimate of drug-likeness (QED) is 0.240. The molecule has 1 amide bonds. The Balaban J connectivity index is 1.28. The van der Waals surface area contributed by atoms with Gasteiger partial charge in [-0.25, -0.2) is 15.0 Å². The Morgan fingerprint density at radius 1 is 0.976 bits per heavy atom. The van der Waals surface area contributed by atoms with E-state index < -0.39 is 0 Å². The largest absolute Gasteiger partial charge is 0.387 e. The summed E-state index contributed by atoms with van der Waals surface area (Å²) >= 11 is 0. The first-order chi connectivity index (χ1) is 20.4. The van der Waals surface area contributed by atoms with Crippen molar-refractivity contribution >= 4 is 5.91 Å². The van der Waals surface area contributed by atoms with E-state index in [1.165, 1.54) is 46.4 Å². The third-order valence-corrected chi connectivity index (χ3v) is 8.57. The summed E-state index contributed by atoms with van der Waals surface area (Å²) in [5.74, 6) is 0.447. The molecule has 1 saturated carbocycles. The number of rotatable bonds is 14. The lowest BCUT2D eigenvalue weighted by atomic mass is 9.89. The van der Waals surface area contributed by atoms with Gasteiger partial charge in [0.25, 0.3) is 0 Å². The second-order valence-corrected chi connectivity index (χ2v) is 12.2. The molecule has 2 aliphatic rings. The third kappa shape index (κ3) is 8.05. The summed E-state index contributed by atoms with van der Waals surface area (Å²) in [6.07, 6.45) is 11.0. The van der Waals surface area contributed by atoms with Crippen molar-refractivity contribution in [1.29, 1.82) is 0 Å². The minimum absolute atomic E-state index is 0.196. The van der Waals surface area contributed by atoms with Gasteiger partial charge in [-0.3, -0.25) is 9.80 Å². The highest BCUT2D eigenvalue weighted by molar-refractivity contribution is 5.75. The van der Waals surface area contributed by atoms with Gasteiger partial charge in [0.15, 0.2) is 0 Å². The first-order valence-electron chi connectivity index (χ1n) is 15.5. The van der Waals surface area contributed by atoms with E-state index in [1.807, 2.05) is 24.5 Å². The number of nitrogens with one attached hydrogen (secondary N) is 2. The number of hydrazine groups is 1. The van der Waals surface area contributed by atoms with Crippen LogP contribution in [0.3, 0.4) is 0 Å². The lowest BCUT2D eigenvalue weighted by Gasteiger charge is -2.30. The number of aryl methyl sites for hydroxylation is 2. The fraction of sp³-hybridized carbons (Fsp3) is 0.457. The van der Waals surface area contributed by atoms with Crippen molar-refractivity contribution in [2.75, 3.05) is 20.1 Å². The minimum Gasteiger partial charge on any atom is -0.387 e. The van der Waals surface area contributed by atoms with Gasteiger partial charge in [0, 0.05) is 69.3 Å². The number of hydrogen-bond acceptors (Lipinski definition) is 6. The maximum atomic E-state index is 13.7. The zero-order chi connectivity index (χ0) is 29.5. The Kier molecular flexibility index (Phi) is 10.0. The van der Waals surface area contributed by atoms with Crippen LogP contribution in [0.2, 0.25) is 0 Å². The van der Waals surface area contributed by atoms with Crippen molar-refractivity contribution in [3.05, 3.63) is 94.7 Å². The Morgan fingerprint density at radius 3 is 2.36 bits per heavy atom. The predicted molar refractivity (Wildman–Crippen MR) is 169 cm³/mol. The Labute approximate surface area is 251 Å². The fourth-order valence-electron chi connectivity index (χ4n) is 5.84. The molecule has 7 nitrogen and oxygen atoms in total. The molecule has 1 fully saturated rings. The van der Waals surface area contributed by atoms with Gasteiger partial charge in [-0.05, 0) is 72.8 Å². The summed E-state index contributed by atoms with van der Waals surface area (Å²) in [4.78, 5) is 22.1. The highest BCUT2D eigenvalue weighted by Gasteiger charge is 2.28. The summed E-state index contributed by atoms with van der Waals surface area (Å²) in [6.45, 7) is 9.96. The molecule has 2 heterocycles. The molecule has 1 aromatic heterocycles. The first-order valence-corrected chi connectivity index (χ1v) is 15.5. The van der Waals surface area contributed by atoms with Crippen LogP contribution in [0.15, 0.2) is 72.5 Å². The van der Waals surface area contributed by atoms with Crippen molar-refractivity contribution in [3.63, 3.8) is 0 Å². The molecule has 2 N–H and O–H groups in total. The van der Waals surface area contributed by atoms with E-state index in [1.54, 1.807) is 6.33 Å². The molecule has 1 unspecified atom stereocenters. The van der Waals surface area contributed by atoms with Crippen LogP contribution in [0.5, 0.6) is 0 Å². The zero-order valence-electron chi connectivity index (χ0n) is 25.7. The molecule has 1 atom stereocenters. The Morgan fingerprint density at radius 2 is 1.69 bits per heavy atom. The van der Waals surface area contributed by atoms with E-state index in [4.69, 9.17) is 0 Å². The van der Waals surface area contributed by atoms with Gasteiger partial charge in [0.2, 0.25) is 5.91 Å². The number of fused-ring (bicyclic) bond motifs is 1. The smallest absolute Gasteiger partial charge is 0.236 e. The van der Waals surface area contributed by atoms with E-state index in [0.29, 0.717) is 12.5 Å². The number of hydrogen-bond donors (Lipinski definition) is 2. The molecular weight excluding hydrogens is 520 g/mol. The van der Waals surface area contributed by atoms with Crippen LogP contribution in [-0.4, -0.2) is 52.1 Å². The monoisotopic (exact) mass is 566 g/mol. The number of carbonyl (C=O) groups is 1. The average molecular weight is 567 g/mol. The molecule has 2 aromatic carbocycles. The molecule has 0 radical (unpaired) electrons. The SMILES string of the molecule is Cc1ccc(-c2cncnc2)cc1CCC(CC(=O)N(C)N1Cc2ccccc2C1)CC(NCCNC(C)C)=C1CC1. The molecule has 5 rings (SSSR count).